The molecule has 2 atom stereocenters. The second-order valence-electron chi connectivity index (χ2n) is 5.92. The topological polar surface area (TPSA) is 81.9 Å². The predicted molar refractivity (Wildman–Crippen MR) is 91.2 cm³/mol. The zero-order chi connectivity index (χ0) is 17.1. The summed E-state index contributed by atoms with van der Waals surface area (Å²) in [5, 5.41) is 9.75. The van der Waals surface area contributed by atoms with E-state index in [1.807, 2.05) is 6.07 Å². The standard InChI is InChI=1S/C16H18FN5OS/c1-24(23)21-8-11-3-2-4-22(9-11)16-13-5-12(7-18)14(17)6-15(13)19-10-20-16/h5-6,10-11,21H,2-4,8-9H2,1H3. The fourth-order valence-electron chi connectivity index (χ4n) is 3.06. The summed E-state index contributed by atoms with van der Waals surface area (Å²) >= 11 is 0. The van der Waals surface area contributed by atoms with Crippen LogP contribution in [0.4, 0.5) is 10.2 Å². The number of fused-ring (bicyclic) bond motifs is 1. The van der Waals surface area contributed by atoms with Crippen molar-refractivity contribution in [3.8, 4) is 6.07 Å². The van der Waals surface area contributed by atoms with Crippen molar-refractivity contribution in [1.82, 2.24) is 14.7 Å². The highest BCUT2D eigenvalue weighted by atomic mass is 32.2. The van der Waals surface area contributed by atoms with E-state index in [1.54, 1.807) is 6.26 Å². The van der Waals surface area contributed by atoms with Crippen LogP contribution in [0.5, 0.6) is 0 Å². The zero-order valence-electron chi connectivity index (χ0n) is 13.3. The number of hydrogen-bond acceptors (Lipinski definition) is 5. The van der Waals surface area contributed by atoms with Crippen LogP contribution < -0.4 is 9.62 Å². The summed E-state index contributed by atoms with van der Waals surface area (Å²) in [5.41, 5.74) is 0.488. The number of piperidine rings is 1. The van der Waals surface area contributed by atoms with Crippen molar-refractivity contribution in [2.45, 2.75) is 12.8 Å². The van der Waals surface area contributed by atoms with E-state index in [-0.39, 0.29) is 5.56 Å². The highest BCUT2D eigenvalue weighted by molar-refractivity contribution is 7.82. The molecular weight excluding hydrogens is 329 g/mol. The Kier molecular flexibility index (Phi) is 5.02. The van der Waals surface area contributed by atoms with Gasteiger partial charge in [-0.2, -0.15) is 5.26 Å². The number of aromatic nitrogens is 2. The van der Waals surface area contributed by atoms with Crippen molar-refractivity contribution in [3.05, 3.63) is 29.8 Å². The average Bonchev–Trinajstić information content (AvgIpc) is 2.59. The Morgan fingerprint density at radius 1 is 1.50 bits per heavy atom. The normalized spacial score (nSPS) is 19.2. The van der Waals surface area contributed by atoms with Gasteiger partial charge in [-0.05, 0) is 24.8 Å². The molecule has 1 fully saturated rings. The number of hydrogen-bond donors (Lipinski definition) is 1. The van der Waals surface area contributed by atoms with E-state index in [9.17, 15) is 8.60 Å². The van der Waals surface area contributed by atoms with E-state index in [2.05, 4.69) is 19.6 Å². The smallest absolute Gasteiger partial charge is 0.143 e. The second kappa shape index (κ2) is 7.20. The van der Waals surface area contributed by atoms with Crippen LogP contribution in [0.2, 0.25) is 0 Å². The minimum Gasteiger partial charge on any atom is -0.356 e. The highest BCUT2D eigenvalue weighted by Crippen LogP contribution is 2.28. The van der Waals surface area contributed by atoms with Crippen molar-refractivity contribution < 1.29 is 8.60 Å². The molecular formula is C16H18FN5OS. The zero-order valence-corrected chi connectivity index (χ0v) is 14.1. The van der Waals surface area contributed by atoms with Gasteiger partial charge in [0.15, 0.2) is 0 Å². The van der Waals surface area contributed by atoms with Gasteiger partial charge >= 0.3 is 0 Å². The number of anilines is 1. The van der Waals surface area contributed by atoms with E-state index in [0.717, 1.165) is 31.7 Å². The number of halogens is 1. The van der Waals surface area contributed by atoms with Crippen LogP contribution in [0.25, 0.3) is 10.9 Å². The summed E-state index contributed by atoms with van der Waals surface area (Å²) in [6.07, 6.45) is 5.10. The summed E-state index contributed by atoms with van der Waals surface area (Å²) in [6.45, 7) is 2.30. The van der Waals surface area contributed by atoms with E-state index >= 15 is 0 Å². The van der Waals surface area contributed by atoms with Gasteiger partial charge in [-0.3, -0.25) is 0 Å². The highest BCUT2D eigenvalue weighted by Gasteiger charge is 2.23. The number of rotatable bonds is 4. The minimum atomic E-state index is -1.02. The molecule has 1 aliphatic heterocycles. The lowest BCUT2D eigenvalue weighted by Gasteiger charge is -2.34. The van der Waals surface area contributed by atoms with Crippen LogP contribution in [0.15, 0.2) is 18.5 Å². The predicted octanol–water partition coefficient (Wildman–Crippen LogP) is 1.74. The van der Waals surface area contributed by atoms with Crippen LogP contribution in [-0.4, -0.2) is 40.1 Å². The number of benzene rings is 1. The second-order valence-corrected chi connectivity index (χ2v) is 7.11. The molecule has 2 unspecified atom stereocenters. The monoisotopic (exact) mass is 347 g/mol. The Morgan fingerprint density at radius 2 is 2.33 bits per heavy atom. The molecule has 0 amide bonds. The van der Waals surface area contributed by atoms with Crippen molar-refractivity contribution in [1.29, 1.82) is 5.26 Å². The van der Waals surface area contributed by atoms with Gasteiger partial charge < -0.3 is 4.90 Å². The maximum atomic E-state index is 13.8. The van der Waals surface area contributed by atoms with Gasteiger partial charge in [0.2, 0.25) is 0 Å². The first-order valence-corrected chi connectivity index (χ1v) is 9.30. The molecule has 1 N–H and O–H groups in total. The molecule has 6 nitrogen and oxygen atoms in total. The largest absolute Gasteiger partial charge is 0.356 e. The van der Waals surface area contributed by atoms with Crippen LogP contribution >= 0.6 is 0 Å². The Balaban J connectivity index is 1.91. The van der Waals surface area contributed by atoms with Gasteiger partial charge in [-0.15, -0.1) is 0 Å². The molecule has 0 radical (unpaired) electrons. The van der Waals surface area contributed by atoms with Crippen LogP contribution in [0.1, 0.15) is 18.4 Å². The quantitative estimate of drug-likeness (QED) is 0.911. The first-order valence-electron chi connectivity index (χ1n) is 7.74. The van der Waals surface area contributed by atoms with E-state index in [0.29, 0.717) is 23.4 Å². The Morgan fingerprint density at radius 3 is 3.08 bits per heavy atom. The Labute approximate surface area is 142 Å². The van der Waals surface area contributed by atoms with Crippen molar-refractivity contribution in [3.63, 3.8) is 0 Å². The molecule has 0 spiro atoms. The lowest BCUT2D eigenvalue weighted by Crippen LogP contribution is -2.40. The number of nitriles is 1. The van der Waals surface area contributed by atoms with Crippen molar-refractivity contribution in [2.75, 3.05) is 30.8 Å². The lowest BCUT2D eigenvalue weighted by molar-refractivity contribution is 0.413. The SMILES string of the molecule is CS(=O)NCC1CCCN(c2ncnc3cc(F)c(C#N)cc23)C1. The van der Waals surface area contributed by atoms with Gasteiger partial charge in [0.25, 0.3) is 0 Å². The van der Waals surface area contributed by atoms with Gasteiger partial charge in [0, 0.05) is 37.3 Å². The summed E-state index contributed by atoms with van der Waals surface area (Å²) in [6, 6.07) is 4.66. The molecule has 2 heterocycles. The molecule has 1 aromatic carbocycles. The summed E-state index contributed by atoms with van der Waals surface area (Å²) < 4.78 is 28.0. The van der Waals surface area contributed by atoms with E-state index < -0.39 is 16.8 Å². The molecule has 3 rings (SSSR count). The fraction of sp³-hybridized carbons (Fsp3) is 0.438. The first-order chi connectivity index (χ1) is 11.6. The third-order valence-electron chi connectivity index (χ3n) is 4.22. The summed E-state index contributed by atoms with van der Waals surface area (Å²) in [5.74, 6) is 0.517. The first kappa shape index (κ1) is 16.7. The molecule has 0 saturated carbocycles. The van der Waals surface area contributed by atoms with Crippen LogP contribution in [-0.2, 0) is 11.0 Å². The maximum absolute atomic E-state index is 13.8. The molecule has 0 bridgehead atoms. The maximum Gasteiger partial charge on any atom is 0.143 e. The molecule has 1 saturated heterocycles. The molecule has 8 heteroatoms. The average molecular weight is 347 g/mol. The van der Waals surface area contributed by atoms with E-state index in [4.69, 9.17) is 5.26 Å². The Hall–Kier alpha value is -2.11. The van der Waals surface area contributed by atoms with Crippen molar-refractivity contribution in [2.24, 2.45) is 5.92 Å². The fourth-order valence-corrected chi connectivity index (χ4v) is 3.53. The van der Waals surface area contributed by atoms with Crippen LogP contribution in [0.3, 0.4) is 0 Å². The molecule has 1 aliphatic rings. The van der Waals surface area contributed by atoms with Gasteiger partial charge in [0.1, 0.15) is 24.0 Å². The number of nitrogens with zero attached hydrogens (tertiary/aromatic N) is 4. The van der Waals surface area contributed by atoms with Gasteiger partial charge in [-0.25, -0.2) is 23.3 Å². The summed E-state index contributed by atoms with van der Waals surface area (Å²) in [4.78, 5) is 10.6. The van der Waals surface area contributed by atoms with Gasteiger partial charge in [-0.1, -0.05) is 0 Å². The van der Waals surface area contributed by atoms with E-state index in [1.165, 1.54) is 18.5 Å². The summed E-state index contributed by atoms with van der Waals surface area (Å²) in [7, 11) is -1.02. The molecule has 126 valence electrons. The van der Waals surface area contributed by atoms with Crippen LogP contribution in [0, 0.1) is 23.1 Å². The third kappa shape index (κ3) is 3.52. The lowest BCUT2D eigenvalue weighted by atomic mass is 9.98. The molecule has 0 aliphatic carbocycles. The van der Waals surface area contributed by atoms with Crippen molar-refractivity contribution >= 4 is 27.7 Å². The minimum absolute atomic E-state index is 0.00449. The molecule has 2 aromatic rings. The molecule has 1 aromatic heterocycles. The Bertz CT molecular complexity index is 822. The third-order valence-corrected chi connectivity index (χ3v) is 4.79. The number of nitrogens with one attached hydrogen (secondary N) is 1. The van der Waals surface area contributed by atoms with Gasteiger partial charge in [0.05, 0.1) is 22.1 Å². The molecule has 24 heavy (non-hydrogen) atoms.